The van der Waals surface area contributed by atoms with E-state index in [2.05, 4.69) is 5.16 Å². The largest absolute Gasteiger partial charge is 0.493 e. The molecule has 0 saturated heterocycles. The molecule has 0 aliphatic rings. The van der Waals surface area contributed by atoms with E-state index < -0.39 is 0 Å². The first kappa shape index (κ1) is 11.2. The Kier molecular flexibility index (Phi) is 3.79. The molecule has 0 unspecified atom stereocenters. The van der Waals surface area contributed by atoms with Gasteiger partial charge in [-0.25, -0.2) is 0 Å². The highest BCUT2D eigenvalue weighted by Crippen LogP contribution is 2.37. The molecule has 5 nitrogen and oxygen atoms in total. The average molecular weight is 211 g/mol. The van der Waals surface area contributed by atoms with Crippen LogP contribution in [0.4, 0.5) is 0 Å². The van der Waals surface area contributed by atoms with Gasteiger partial charge in [0.1, 0.15) is 0 Å². The molecule has 0 radical (unpaired) electrons. The minimum absolute atomic E-state index is 0.509. The third kappa shape index (κ3) is 2.31. The highest BCUT2D eigenvalue weighted by Gasteiger charge is 2.12. The lowest BCUT2D eigenvalue weighted by atomic mass is 10.2. The summed E-state index contributed by atoms with van der Waals surface area (Å²) in [5.74, 6) is 1.55. The van der Waals surface area contributed by atoms with Crippen molar-refractivity contribution in [3.05, 3.63) is 17.7 Å². The van der Waals surface area contributed by atoms with Crippen LogP contribution < -0.4 is 14.2 Å². The summed E-state index contributed by atoms with van der Waals surface area (Å²) in [4.78, 5) is 0. The van der Waals surface area contributed by atoms with E-state index in [4.69, 9.17) is 19.4 Å². The molecule has 0 fully saturated rings. The molecule has 1 rings (SSSR count). The molecule has 0 spiro atoms. The van der Waals surface area contributed by atoms with Crippen LogP contribution in [0.3, 0.4) is 0 Å². The first-order valence-electron chi connectivity index (χ1n) is 4.24. The summed E-state index contributed by atoms with van der Waals surface area (Å²) in [6.45, 7) is 0. The first-order chi connectivity index (χ1) is 7.26. The number of benzene rings is 1. The van der Waals surface area contributed by atoms with Gasteiger partial charge in [-0.2, -0.15) is 0 Å². The van der Waals surface area contributed by atoms with E-state index in [9.17, 15) is 0 Å². The van der Waals surface area contributed by atoms with Gasteiger partial charge in [-0.05, 0) is 12.1 Å². The lowest BCUT2D eigenvalue weighted by Crippen LogP contribution is -1.96. The van der Waals surface area contributed by atoms with Gasteiger partial charge < -0.3 is 19.4 Å². The zero-order valence-corrected chi connectivity index (χ0v) is 8.85. The highest BCUT2D eigenvalue weighted by atomic mass is 16.5. The Morgan fingerprint density at radius 1 is 1.07 bits per heavy atom. The second kappa shape index (κ2) is 5.09. The molecule has 1 aromatic carbocycles. The summed E-state index contributed by atoms with van der Waals surface area (Å²) in [6.07, 6.45) is 1.28. The van der Waals surface area contributed by atoms with Crippen LogP contribution in [0.1, 0.15) is 5.56 Å². The van der Waals surface area contributed by atoms with Crippen molar-refractivity contribution in [1.82, 2.24) is 0 Å². The Labute approximate surface area is 87.9 Å². The van der Waals surface area contributed by atoms with Crippen molar-refractivity contribution < 1.29 is 19.4 Å². The van der Waals surface area contributed by atoms with Gasteiger partial charge in [0, 0.05) is 5.56 Å². The molecule has 0 atom stereocenters. The quantitative estimate of drug-likeness (QED) is 0.466. The maximum absolute atomic E-state index is 8.43. The van der Waals surface area contributed by atoms with Gasteiger partial charge >= 0.3 is 0 Å². The SMILES string of the molecule is COc1cc(/C=N\O)cc(OC)c1OC. The smallest absolute Gasteiger partial charge is 0.203 e. The van der Waals surface area contributed by atoms with Crippen molar-refractivity contribution in [2.45, 2.75) is 0 Å². The van der Waals surface area contributed by atoms with E-state index in [1.165, 1.54) is 27.5 Å². The fraction of sp³-hybridized carbons (Fsp3) is 0.300. The Morgan fingerprint density at radius 3 is 1.93 bits per heavy atom. The minimum atomic E-state index is 0.509. The summed E-state index contributed by atoms with van der Waals surface area (Å²) in [6, 6.07) is 3.36. The second-order valence-corrected chi connectivity index (χ2v) is 2.70. The number of nitrogens with zero attached hydrogens (tertiary/aromatic N) is 1. The Balaban J connectivity index is 3.28. The summed E-state index contributed by atoms with van der Waals surface area (Å²) in [5.41, 5.74) is 0.659. The standard InChI is InChI=1S/C10H13NO4/c1-13-8-4-7(6-11-12)5-9(14-2)10(8)15-3/h4-6,12H,1-3H3/b11-6-. The van der Waals surface area contributed by atoms with Crippen molar-refractivity contribution in [1.29, 1.82) is 0 Å². The molecule has 1 N–H and O–H groups in total. The van der Waals surface area contributed by atoms with Gasteiger partial charge in [0.05, 0.1) is 27.5 Å². The summed E-state index contributed by atoms with van der Waals surface area (Å²) in [5, 5.41) is 11.4. The zero-order chi connectivity index (χ0) is 11.3. The monoisotopic (exact) mass is 211 g/mol. The van der Waals surface area contributed by atoms with Crippen molar-refractivity contribution in [3.63, 3.8) is 0 Å². The Morgan fingerprint density at radius 2 is 1.60 bits per heavy atom. The van der Waals surface area contributed by atoms with Crippen LogP contribution in [0.2, 0.25) is 0 Å². The van der Waals surface area contributed by atoms with Gasteiger partial charge in [-0.15, -0.1) is 0 Å². The van der Waals surface area contributed by atoms with E-state index in [0.29, 0.717) is 22.8 Å². The Hall–Kier alpha value is -1.91. The Bertz CT molecular complexity index is 337. The van der Waals surface area contributed by atoms with Crippen LogP contribution in [-0.4, -0.2) is 32.8 Å². The minimum Gasteiger partial charge on any atom is -0.493 e. The lowest BCUT2D eigenvalue weighted by molar-refractivity contribution is 0.320. The molecule has 0 amide bonds. The van der Waals surface area contributed by atoms with Gasteiger partial charge in [0.15, 0.2) is 11.5 Å². The summed E-state index contributed by atoms with van der Waals surface area (Å²) < 4.78 is 15.4. The maximum atomic E-state index is 8.43. The van der Waals surface area contributed by atoms with Crippen LogP contribution in [-0.2, 0) is 0 Å². The van der Waals surface area contributed by atoms with E-state index in [-0.39, 0.29) is 0 Å². The first-order valence-corrected chi connectivity index (χ1v) is 4.24. The van der Waals surface area contributed by atoms with Crippen LogP contribution in [0.25, 0.3) is 0 Å². The van der Waals surface area contributed by atoms with Crippen LogP contribution in [0, 0.1) is 0 Å². The third-order valence-corrected chi connectivity index (χ3v) is 1.89. The molecule has 15 heavy (non-hydrogen) atoms. The third-order valence-electron chi connectivity index (χ3n) is 1.89. The van der Waals surface area contributed by atoms with Gasteiger partial charge in [-0.1, -0.05) is 5.16 Å². The van der Waals surface area contributed by atoms with Gasteiger partial charge in [-0.3, -0.25) is 0 Å². The average Bonchev–Trinajstić information content (AvgIpc) is 2.28. The predicted octanol–water partition coefficient (Wildman–Crippen LogP) is 1.52. The molecule has 0 heterocycles. The highest BCUT2D eigenvalue weighted by molar-refractivity contribution is 5.82. The number of hydrogen-bond donors (Lipinski definition) is 1. The van der Waals surface area contributed by atoms with Crippen LogP contribution in [0.15, 0.2) is 17.3 Å². The number of oxime groups is 1. The molecule has 0 aromatic heterocycles. The lowest BCUT2D eigenvalue weighted by Gasteiger charge is -2.12. The molecular formula is C10H13NO4. The molecular weight excluding hydrogens is 198 g/mol. The maximum Gasteiger partial charge on any atom is 0.203 e. The topological polar surface area (TPSA) is 60.3 Å². The molecule has 0 aliphatic heterocycles. The fourth-order valence-electron chi connectivity index (χ4n) is 1.24. The van der Waals surface area contributed by atoms with Crippen molar-refractivity contribution in [2.75, 3.05) is 21.3 Å². The molecule has 1 aromatic rings. The number of hydrogen-bond acceptors (Lipinski definition) is 5. The van der Waals surface area contributed by atoms with Crippen molar-refractivity contribution in [2.24, 2.45) is 5.16 Å². The molecule has 0 bridgehead atoms. The number of ether oxygens (including phenoxy) is 3. The second-order valence-electron chi connectivity index (χ2n) is 2.70. The number of rotatable bonds is 4. The van der Waals surface area contributed by atoms with E-state index in [1.54, 1.807) is 12.1 Å². The van der Waals surface area contributed by atoms with Crippen LogP contribution >= 0.6 is 0 Å². The molecule has 0 saturated carbocycles. The van der Waals surface area contributed by atoms with Gasteiger partial charge in [0.2, 0.25) is 5.75 Å². The normalized spacial score (nSPS) is 10.3. The van der Waals surface area contributed by atoms with Gasteiger partial charge in [0.25, 0.3) is 0 Å². The van der Waals surface area contributed by atoms with E-state index >= 15 is 0 Å². The zero-order valence-electron chi connectivity index (χ0n) is 8.85. The van der Waals surface area contributed by atoms with Crippen molar-refractivity contribution >= 4 is 6.21 Å². The molecule has 5 heteroatoms. The molecule has 82 valence electrons. The van der Waals surface area contributed by atoms with E-state index in [1.807, 2.05) is 0 Å². The predicted molar refractivity (Wildman–Crippen MR) is 55.5 cm³/mol. The number of methoxy groups -OCH3 is 3. The van der Waals surface area contributed by atoms with E-state index in [0.717, 1.165) is 0 Å². The molecule has 0 aliphatic carbocycles. The summed E-state index contributed by atoms with van der Waals surface area (Å²) in [7, 11) is 4.58. The van der Waals surface area contributed by atoms with Crippen LogP contribution in [0.5, 0.6) is 17.2 Å². The summed E-state index contributed by atoms with van der Waals surface area (Å²) >= 11 is 0. The van der Waals surface area contributed by atoms with Crippen molar-refractivity contribution in [3.8, 4) is 17.2 Å². The fourth-order valence-corrected chi connectivity index (χ4v) is 1.24.